The minimum atomic E-state index is -3.51. The van der Waals surface area contributed by atoms with E-state index >= 15 is 0 Å². The number of furan rings is 1. The van der Waals surface area contributed by atoms with Crippen LogP contribution in [0.15, 0.2) is 28.2 Å². The maximum Gasteiger partial charge on any atom is 0.241 e. The molecule has 1 aliphatic rings. The molecular formula is C15H19N3O4S2. The Morgan fingerprint density at radius 3 is 2.83 bits per heavy atom. The number of piperidine rings is 1. The Balaban J connectivity index is 1.70. The van der Waals surface area contributed by atoms with Crippen molar-refractivity contribution in [2.75, 3.05) is 19.3 Å². The van der Waals surface area contributed by atoms with Gasteiger partial charge in [0.1, 0.15) is 0 Å². The van der Waals surface area contributed by atoms with Crippen molar-refractivity contribution in [1.82, 2.24) is 15.6 Å². The SMILES string of the molecule is CS(=O)(=O)C1(C(=O)NCc2csc(-c3ccco3)n2)CCNCC1. The third-order valence-corrected chi connectivity index (χ3v) is 7.17. The van der Waals surface area contributed by atoms with Gasteiger partial charge in [-0.2, -0.15) is 0 Å². The van der Waals surface area contributed by atoms with E-state index in [1.165, 1.54) is 11.3 Å². The number of amides is 1. The second-order valence-corrected chi connectivity index (χ2v) is 9.00. The first-order valence-corrected chi connectivity index (χ1v) is 10.4. The van der Waals surface area contributed by atoms with E-state index in [2.05, 4.69) is 15.6 Å². The Labute approximate surface area is 144 Å². The van der Waals surface area contributed by atoms with Gasteiger partial charge >= 0.3 is 0 Å². The van der Waals surface area contributed by atoms with Crippen LogP contribution in [-0.2, 0) is 21.2 Å². The van der Waals surface area contributed by atoms with Crippen LogP contribution in [0, 0.1) is 0 Å². The van der Waals surface area contributed by atoms with E-state index in [4.69, 9.17) is 4.42 Å². The predicted octanol–water partition coefficient (Wildman–Crippen LogP) is 1.19. The highest BCUT2D eigenvalue weighted by atomic mass is 32.2. The van der Waals surface area contributed by atoms with Crippen LogP contribution in [0.3, 0.4) is 0 Å². The highest BCUT2D eigenvalue weighted by Gasteiger charge is 2.48. The molecular weight excluding hydrogens is 350 g/mol. The van der Waals surface area contributed by atoms with Crippen molar-refractivity contribution in [3.8, 4) is 10.8 Å². The van der Waals surface area contributed by atoms with E-state index in [0.29, 0.717) is 24.5 Å². The lowest BCUT2D eigenvalue weighted by Gasteiger charge is -2.34. The van der Waals surface area contributed by atoms with Crippen LogP contribution in [0.2, 0.25) is 0 Å². The van der Waals surface area contributed by atoms with Crippen LogP contribution in [0.25, 0.3) is 10.8 Å². The van der Waals surface area contributed by atoms with Gasteiger partial charge in [0.2, 0.25) is 5.91 Å². The van der Waals surface area contributed by atoms with Crippen molar-refractivity contribution < 1.29 is 17.6 Å². The molecule has 1 aliphatic heterocycles. The molecule has 0 spiro atoms. The number of thiazole rings is 1. The van der Waals surface area contributed by atoms with Crippen molar-refractivity contribution in [2.24, 2.45) is 0 Å². The minimum Gasteiger partial charge on any atom is -0.462 e. The molecule has 0 atom stereocenters. The lowest BCUT2D eigenvalue weighted by Crippen LogP contribution is -2.57. The first-order valence-electron chi connectivity index (χ1n) is 7.59. The number of nitrogens with zero attached hydrogens (tertiary/aromatic N) is 1. The fourth-order valence-electron chi connectivity index (χ4n) is 2.83. The van der Waals surface area contributed by atoms with Gasteiger partial charge in [0.25, 0.3) is 0 Å². The number of carbonyl (C=O) groups is 1. The molecule has 24 heavy (non-hydrogen) atoms. The monoisotopic (exact) mass is 369 g/mol. The summed E-state index contributed by atoms with van der Waals surface area (Å²) in [6, 6.07) is 3.60. The molecule has 0 bridgehead atoms. The molecule has 0 unspecified atom stereocenters. The average molecular weight is 369 g/mol. The first-order chi connectivity index (χ1) is 11.4. The molecule has 2 N–H and O–H groups in total. The molecule has 0 saturated carbocycles. The van der Waals surface area contributed by atoms with Gasteiger partial charge in [-0.3, -0.25) is 4.79 Å². The van der Waals surface area contributed by atoms with E-state index in [0.717, 1.165) is 11.3 Å². The summed E-state index contributed by atoms with van der Waals surface area (Å²) < 4.78 is 28.4. The number of sulfone groups is 1. The van der Waals surface area contributed by atoms with Crippen molar-refractivity contribution >= 4 is 27.1 Å². The first kappa shape index (κ1) is 17.1. The molecule has 0 aromatic carbocycles. The van der Waals surface area contributed by atoms with Gasteiger partial charge < -0.3 is 15.1 Å². The number of rotatable bonds is 5. The molecule has 3 heterocycles. The lowest BCUT2D eigenvalue weighted by molar-refractivity contribution is -0.124. The predicted molar refractivity (Wildman–Crippen MR) is 91.3 cm³/mol. The summed E-state index contributed by atoms with van der Waals surface area (Å²) in [5.41, 5.74) is 0.678. The number of carbonyl (C=O) groups excluding carboxylic acids is 1. The van der Waals surface area contributed by atoms with Gasteiger partial charge in [0, 0.05) is 11.6 Å². The van der Waals surface area contributed by atoms with Crippen LogP contribution < -0.4 is 10.6 Å². The zero-order chi connectivity index (χ0) is 17.2. The summed E-state index contributed by atoms with van der Waals surface area (Å²) in [6.07, 6.45) is 3.28. The normalized spacial score (nSPS) is 17.5. The summed E-state index contributed by atoms with van der Waals surface area (Å²) in [7, 11) is -3.51. The second-order valence-electron chi connectivity index (χ2n) is 5.82. The molecule has 7 nitrogen and oxygen atoms in total. The van der Waals surface area contributed by atoms with Crippen molar-refractivity contribution in [3.05, 3.63) is 29.5 Å². The quantitative estimate of drug-likeness (QED) is 0.821. The molecule has 0 aliphatic carbocycles. The van der Waals surface area contributed by atoms with Gasteiger partial charge in [-0.05, 0) is 38.1 Å². The number of hydrogen-bond acceptors (Lipinski definition) is 7. The molecule has 0 radical (unpaired) electrons. The maximum absolute atomic E-state index is 12.6. The van der Waals surface area contributed by atoms with Crippen molar-refractivity contribution in [2.45, 2.75) is 24.1 Å². The Morgan fingerprint density at radius 2 is 2.21 bits per heavy atom. The Bertz CT molecular complexity index is 806. The standard InChI is InChI=1S/C15H19N3O4S2/c1-24(20,21)15(4-6-16-7-5-15)14(19)17-9-11-10-23-13(18-11)12-3-2-8-22-12/h2-3,8,10,16H,4-7,9H2,1H3,(H,17,19). The molecule has 2 aromatic rings. The Kier molecular flexibility index (Phi) is 4.75. The molecule has 1 amide bonds. The van der Waals surface area contributed by atoms with Gasteiger partial charge in [0.05, 0.1) is 18.5 Å². The van der Waals surface area contributed by atoms with E-state index in [9.17, 15) is 13.2 Å². The molecule has 1 fully saturated rings. The van der Waals surface area contributed by atoms with Crippen LogP contribution >= 0.6 is 11.3 Å². The summed E-state index contributed by atoms with van der Waals surface area (Å²) in [6.45, 7) is 1.22. The van der Waals surface area contributed by atoms with Crippen LogP contribution in [-0.4, -0.2) is 43.4 Å². The molecule has 3 rings (SSSR count). The third-order valence-electron chi connectivity index (χ3n) is 4.25. The number of hydrogen-bond donors (Lipinski definition) is 2. The number of nitrogens with one attached hydrogen (secondary N) is 2. The topological polar surface area (TPSA) is 101 Å². The maximum atomic E-state index is 12.6. The number of aromatic nitrogens is 1. The largest absolute Gasteiger partial charge is 0.462 e. The highest BCUT2D eigenvalue weighted by molar-refractivity contribution is 7.92. The fourth-order valence-corrected chi connectivity index (χ4v) is 4.97. The fraction of sp³-hybridized carbons (Fsp3) is 0.467. The molecule has 130 valence electrons. The molecule has 1 saturated heterocycles. The van der Waals surface area contributed by atoms with Crippen LogP contribution in [0.1, 0.15) is 18.5 Å². The Morgan fingerprint density at radius 1 is 1.46 bits per heavy atom. The summed E-state index contributed by atoms with van der Waals surface area (Å²) in [5, 5.41) is 8.39. The van der Waals surface area contributed by atoms with Crippen molar-refractivity contribution in [1.29, 1.82) is 0 Å². The van der Waals surface area contributed by atoms with E-state index in [-0.39, 0.29) is 19.4 Å². The van der Waals surface area contributed by atoms with Crippen LogP contribution in [0.5, 0.6) is 0 Å². The van der Waals surface area contributed by atoms with Gasteiger partial charge in [0.15, 0.2) is 25.4 Å². The molecule has 9 heteroatoms. The smallest absolute Gasteiger partial charge is 0.241 e. The van der Waals surface area contributed by atoms with Gasteiger partial charge in [-0.25, -0.2) is 13.4 Å². The van der Waals surface area contributed by atoms with E-state index < -0.39 is 20.5 Å². The summed E-state index contributed by atoms with van der Waals surface area (Å²) >= 11 is 1.41. The highest BCUT2D eigenvalue weighted by Crippen LogP contribution is 2.28. The van der Waals surface area contributed by atoms with Gasteiger partial charge in [-0.15, -0.1) is 11.3 Å². The Hall–Kier alpha value is -1.71. The average Bonchev–Trinajstić information content (AvgIpc) is 3.23. The van der Waals surface area contributed by atoms with Crippen molar-refractivity contribution in [3.63, 3.8) is 0 Å². The second kappa shape index (κ2) is 6.66. The van der Waals surface area contributed by atoms with E-state index in [1.807, 2.05) is 11.4 Å². The molecule has 2 aromatic heterocycles. The lowest BCUT2D eigenvalue weighted by atomic mass is 9.96. The van der Waals surface area contributed by atoms with E-state index in [1.54, 1.807) is 12.3 Å². The van der Waals surface area contributed by atoms with Crippen LogP contribution in [0.4, 0.5) is 0 Å². The van der Waals surface area contributed by atoms with Gasteiger partial charge in [-0.1, -0.05) is 0 Å². The third kappa shape index (κ3) is 3.24. The summed E-state index contributed by atoms with van der Waals surface area (Å²) in [4.78, 5) is 17.0. The zero-order valence-corrected chi connectivity index (χ0v) is 14.9. The minimum absolute atomic E-state index is 0.195. The summed E-state index contributed by atoms with van der Waals surface area (Å²) in [5.74, 6) is 0.225. The zero-order valence-electron chi connectivity index (χ0n) is 13.2.